The van der Waals surface area contributed by atoms with E-state index < -0.39 is 11.9 Å². The highest BCUT2D eigenvalue weighted by atomic mass is 35.5. The first kappa shape index (κ1) is 14.1. The van der Waals surface area contributed by atoms with Gasteiger partial charge in [-0.05, 0) is 40.1 Å². The van der Waals surface area contributed by atoms with Gasteiger partial charge in [0.15, 0.2) is 0 Å². The van der Waals surface area contributed by atoms with E-state index in [0.717, 1.165) is 21.9 Å². The molecule has 3 heteroatoms. The molecule has 0 amide bonds. The third-order valence-electron chi connectivity index (χ3n) is 3.57. The number of halogens is 2. The average Bonchev–Trinajstić information content (AvgIpc) is 2.50. The van der Waals surface area contributed by atoms with Crippen LogP contribution in [0.3, 0.4) is 0 Å². The van der Waals surface area contributed by atoms with Crippen molar-refractivity contribution in [2.75, 3.05) is 0 Å². The summed E-state index contributed by atoms with van der Waals surface area (Å²) in [6.45, 7) is 0. The monoisotopic (exact) mass is 300 g/mol. The van der Waals surface area contributed by atoms with Crippen molar-refractivity contribution in [2.45, 2.75) is 12.5 Å². The number of hydrogen-bond acceptors (Lipinski definition) is 1. The molecule has 0 saturated carbocycles. The highest BCUT2D eigenvalue weighted by molar-refractivity contribution is 6.30. The summed E-state index contributed by atoms with van der Waals surface area (Å²) in [4.78, 5) is 0. The summed E-state index contributed by atoms with van der Waals surface area (Å²) < 4.78 is 13.1. The molecule has 0 fully saturated rings. The second kappa shape index (κ2) is 5.84. The lowest BCUT2D eigenvalue weighted by Crippen LogP contribution is -2.02. The van der Waals surface area contributed by atoms with E-state index in [9.17, 15) is 9.50 Å². The Morgan fingerprint density at radius 1 is 0.952 bits per heavy atom. The zero-order valence-electron chi connectivity index (χ0n) is 11.3. The van der Waals surface area contributed by atoms with Gasteiger partial charge in [-0.25, -0.2) is 4.39 Å². The van der Waals surface area contributed by atoms with E-state index >= 15 is 0 Å². The van der Waals surface area contributed by atoms with Gasteiger partial charge in [-0.3, -0.25) is 0 Å². The summed E-state index contributed by atoms with van der Waals surface area (Å²) in [6.07, 6.45) is -0.241. The van der Waals surface area contributed by atoms with Crippen LogP contribution in [0.1, 0.15) is 17.2 Å². The Hall–Kier alpha value is -1.90. The van der Waals surface area contributed by atoms with E-state index in [-0.39, 0.29) is 5.02 Å². The molecule has 0 aromatic heterocycles. The van der Waals surface area contributed by atoms with Crippen LogP contribution in [0, 0.1) is 5.82 Å². The number of aliphatic hydroxyl groups is 1. The molecule has 0 aliphatic heterocycles. The third kappa shape index (κ3) is 3.07. The van der Waals surface area contributed by atoms with Gasteiger partial charge in [0, 0.05) is 6.42 Å². The molecule has 1 nitrogen and oxygen atoms in total. The number of hydrogen-bond donors (Lipinski definition) is 1. The van der Waals surface area contributed by atoms with E-state index in [4.69, 9.17) is 11.6 Å². The summed E-state index contributed by atoms with van der Waals surface area (Å²) in [5.41, 5.74) is 1.65. The smallest absolute Gasteiger partial charge is 0.141 e. The zero-order valence-corrected chi connectivity index (χ0v) is 12.0. The van der Waals surface area contributed by atoms with E-state index in [1.54, 1.807) is 12.1 Å². The summed E-state index contributed by atoms with van der Waals surface area (Å²) in [6, 6.07) is 18.4. The Kier molecular flexibility index (Phi) is 3.91. The van der Waals surface area contributed by atoms with E-state index in [1.807, 2.05) is 42.5 Å². The largest absolute Gasteiger partial charge is 0.388 e. The third-order valence-corrected chi connectivity index (χ3v) is 3.86. The highest BCUT2D eigenvalue weighted by Crippen LogP contribution is 2.24. The van der Waals surface area contributed by atoms with Crippen LogP contribution < -0.4 is 0 Å². The second-order valence-corrected chi connectivity index (χ2v) is 5.48. The Morgan fingerprint density at radius 2 is 1.71 bits per heavy atom. The molecule has 106 valence electrons. The van der Waals surface area contributed by atoms with Crippen LogP contribution in [0.5, 0.6) is 0 Å². The van der Waals surface area contributed by atoms with E-state index in [0.29, 0.717) is 6.42 Å². The van der Waals surface area contributed by atoms with Gasteiger partial charge in [-0.2, -0.15) is 0 Å². The van der Waals surface area contributed by atoms with E-state index in [2.05, 4.69) is 0 Å². The fourth-order valence-corrected chi connectivity index (χ4v) is 2.63. The Bertz CT molecular complexity index is 785. The average molecular weight is 301 g/mol. The molecular weight excluding hydrogens is 287 g/mol. The minimum Gasteiger partial charge on any atom is -0.388 e. The number of benzene rings is 3. The molecule has 0 heterocycles. The predicted octanol–water partition coefficient (Wildman–Crippen LogP) is 4.91. The predicted molar refractivity (Wildman–Crippen MR) is 84.0 cm³/mol. The maximum atomic E-state index is 13.1. The molecule has 3 aromatic carbocycles. The topological polar surface area (TPSA) is 20.2 Å². The van der Waals surface area contributed by atoms with Crippen molar-refractivity contribution in [1.29, 1.82) is 0 Å². The van der Waals surface area contributed by atoms with Gasteiger partial charge in [-0.1, -0.05) is 54.1 Å². The van der Waals surface area contributed by atoms with Crippen molar-refractivity contribution in [3.8, 4) is 0 Å². The minimum atomic E-state index is -0.642. The standard InChI is InChI=1S/C18H14ClFO/c19-16-9-12(5-8-17(16)20)10-18(21)15-7-6-13-3-1-2-4-14(13)11-15/h1-9,11,18,21H,10H2. The first-order chi connectivity index (χ1) is 10.1. The van der Waals surface area contributed by atoms with Crippen LogP contribution in [0.2, 0.25) is 5.02 Å². The zero-order chi connectivity index (χ0) is 14.8. The maximum absolute atomic E-state index is 13.1. The molecule has 0 radical (unpaired) electrons. The molecule has 1 N–H and O–H groups in total. The molecule has 1 unspecified atom stereocenters. The van der Waals surface area contributed by atoms with Gasteiger partial charge >= 0.3 is 0 Å². The SMILES string of the molecule is OC(Cc1ccc(F)c(Cl)c1)c1ccc2ccccc2c1. The fraction of sp³-hybridized carbons (Fsp3) is 0.111. The summed E-state index contributed by atoms with van der Waals surface area (Å²) >= 11 is 5.76. The van der Waals surface area contributed by atoms with Gasteiger partial charge < -0.3 is 5.11 Å². The molecule has 3 rings (SSSR count). The quantitative estimate of drug-likeness (QED) is 0.729. The van der Waals surface area contributed by atoms with Crippen LogP contribution in [0.25, 0.3) is 10.8 Å². The highest BCUT2D eigenvalue weighted by Gasteiger charge is 2.10. The minimum absolute atomic E-state index is 0.0817. The number of rotatable bonds is 3. The molecule has 0 saturated heterocycles. The Labute approximate surface area is 127 Å². The van der Waals surface area contributed by atoms with Crippen molar-refractivity contribution in [2.24, 2.45) is 0 Å². The van der Waals surface area contributed by atoms with Crippen LogP contribution in [0.15, 0.2) is 60.7 Å². The summed E-state index contributed by atoms with van der Waals surface area (Å²) in [7, 11) is 0. The molecule has 0 aliphatic rings. The summed E-state index contributed by atoms with van der Waals surface area (Å²) in [5.74, 6) is -0.444. The van der Waals surface area contributed by atoms with Gasteiger partial charge in [0.25, 0.3) is 0 Å². The normalized spacial score (nSPS) is 12.5. The first-order valence-electron chi connectivity index (χ1n) is 6.74. The lowest BCUT2D eigenvalue weighted by Gasteiger charge is -2.12. The van der Waals surface area contributed by atoms with Crippen molar-refractivity contribution in [3.63, 3.8) is 0 Å². The maximum Gasteiger partial charge on any atom is 0.141 e. The lowest BCUT2D eigenvalue weighted by molar-refractivity contribution is 0.178. The second-order valence-electron chi connectivity index (χ2n) is 5.07. The molecule has 21 heavy (non-hydrogen) atoms. The van der Waals surface area contributed by atoms with Crippen molar-refractivity contribution >= 4 is 22.4 Å². The van der Waals surface area contributed by atoms with Crippen LogP contribution >= 0.6 is 11.6 Å². The Morgan fingerprint density at radius 3 is 2.48 bits per heavy atom. The van der Waals surface area contributed by atoms with Gasteiger partial charge in [-0.15, -0.1) is 0 Å². The molecule has 3 aromatic rings. The van der Waals surface area contributed by atoms with Crippen LogP contribution in [-0.2, 0) is 6.42 Å². The Balaban J connectivity index is 1.85. The summed E-state index contributed by atoms with van der Waals surface area (Å²) in [5, 5.41) is 12.7. The van der Waals surface area contributed by atoms with Crippen LogP contribution in [0.4, 0.5) is 4.39 Å². The lowest BCUT2D eigenvalue weighted by atomic mass is 9.99. The molecule has 0 bridgehead atoms. The van der Waals surface area contributed by atoms with Gasteiger partial charge in [0.2, 0.25) is 0 Å². The molecular formula is C18H14ClFO. The molecule has 0 spiro atoms. The van der Waals surface area contributed by atoms with E-state index in [1.165, 1.54) is 6.07 Å². The fourth-order valence-electron chi connectivity index (χ4n) is 2.42. The molecule has 1 atom stereocenters. The number of fused-ring (bicyclic) bond motifs is 1. The van der Waals surface area contributed by atoms with Crippen LogP contribution in [-0.4, -0.2) is 5.11 Å². The van der Waals surface area contributed by atoms with Crippen molar-refractivity contribution < 1.29 is 9.50 Å². The first-order valence-corrected chi connectivity index (χ1v) is 7.12. The van der Waals surface area contributed by atoms with Gasteiger partial charge in [0.05, 0.1) is 11.1 Å². The van der Waals surface area contributed by atoms with Crippen molar-refractivity contribution in [1.82, 2.24) is 0 Å². The number of aliphatic hydroxyl groups excluding tert-OH is 1. The van der Waals surface area contributed by atoms with Crippen molar-refractivity contribution in [3.05, 3.63) is 82.6 Å². The molecule has 0 aliphatic carbocycles. The van der Waals surface area contributed by atoms with Gasteiger partial charge in [0.1, 0.15) is 5.82 Å².